The molecule has 1 aliphatic heterocycles. The molecule has 0 atom stereocenters. The van der Waals surface area contributed by atoms with E-state index < -0.39 is 0 Å². The summed E-state index contributed by atoms with van der Waals surface area (Å²) in [6, 6.07) is 4.23. The first-order chi connectivity index (χ1) is 10.5. The Morgan fingerprint density at radius 3 is 2.64 bits per heavy atom. The first-order valence-corrected chi connectivity index (χ1v) is 9.37. The molecule has 0 aromatic heterocycles. The summed E-state index contributed by atoms with van der Waals surface area (Å²) >= 11 is 1.88. The highest BCUT2D eigenvalue weighted by atomic mass is 32.2. The molecule has 0 fully saturated rings. The minimum Gasteiger partial charge on any atom is -0.507 e. The lowest BCUT2D eigenvalue weighted by molar-refractivity contribution is 0.470. The lowest BCUT2D eigenvalue weighted by atomic mass is 9.95. The van der Waals surface area contributed by atoms with Crippen LogP contribution in [0.5, 0.6) is 5.75 Å². The first-order valence-electron chi connectivity index (χ1n) is 8.55. The van der Waals surface area contributed by atoms with Crippen molar-refractivity contribution in [2.24, 2.45) is 4.99 Å². The summed E-state index contributed by atoms with van der Waals surface area (Å²) < 4.78 is 0.147. The van der Waals surface area contributed by atoms with Crippen LogP contribution in [0.4, 0.5) is 0 Å². The second kappa shape index (κ2) is 7.54. The van der Waals surface area contributed by atoms with E-state index in [1.807, 2.05) is 17.8 Å². The van der Waals surface area contributed by atoms with E-state index in [0.717, 1.165) is 37.1 Å². The van der Waals surface area contributed by atoms with Gasteiger partial charge in [-0.05, 0) is 50.8 Å². The van der Waals surface area contributed by atoms with E-state index >= 15 is 0 Å². The number of nitrogens with zero attached hydrogens (tertiary/aromatic N) is 1. The van der Waals surface area contributed by atoms with Crippen LogP contribution in [0.2, 0.25) is 0 Å². The van der Waals surface area contributed by atoms with E-state index in [2.05, 4.69) is 33.8 Å². The molecule has 2 nitrogen and oxygen atoms in total. The van der Waals surface area contributed by atoms with Gasteiger partial charge in [0, 0.05) is 28.3 Å². The Morgan fingerprint density at radius 1 is 1.18 bits per heavy atom. The molecule has 1 heterocycles. The highest BCUT2D eigenvalue weighted by molar-refractivity contribution is 8.00. The van der Waals surface area contributed by atoms with Crippen LogP contribution in [0.1, 0.15) is 70.9 Å². The highest BCUT2D eigenvalue weighted by Gasteiger charge is 2.32. The zero-order chi connectivity index (χ0) is 16.2. The van der Waals surface area contributed by atoms with E-state index in [4.69, 9.17) is 4.99 Å². The Bertz CT molecular complexity index is 549. The third kappa shape index (κ3) is 4.28. The fraction of sp³-hybridized carbons (Fsp3) is 0.632. The molecule has 0 saturated carbocycles. The maximum atomic E-state index is 10.5. The lowest BCUT2D eigenvalue weighted by Gasteiger charge is -2.32. The number of aryl methyl sites for hydroxylation is 1. The summed E-state index contributed by atoms with van der Waals surface area (Å²) in [7, 11) is 0. The number of thioether (sulfide) groups is 1. The lowest BCUT2D eigenvalue weighted by Crippen LogP contribution is -2.26. The van der Waals surface area contributed by atoms with Gasteiger partial charge in [0.2, 0.25) is 0 Å². The average molecular weight is 320 g/mol. The summed E-state index contributed by atoms with van der Waals surface area (Å²) in [4.78, 5) is 5.95. The third-order valence-electron chi connectivity index (χ3n) is 4.00. The molecule has 0 amide bonds. The Hall–Kier alpha value is -0.960. The van der Waals surface area contributed by atoms with E-state index in [0.29, 0.717) is 5.75 Å². The molecule has 2 rings (SSSR count). The smallest absolute Gasteiger partial charge is 0.126 e. The highest BCUT2D eigenvalue weighted by Crippen LogP contribution is 2.46. The molecule has 0 bridgehead atoms. The third-order valence-corrected chi connectivity index (χ3v) is 5.24. The number of hydrogen-bond donors (Lipinski definition) is 1. The van der Waals surface area contributed by atoms with Gasteiger partial charge in [0.1, 0.15) is 5.75 Å². The summed E-state index contributed by atoms with van der Waals surface area (Å²) in [5.41, 5.74) is 3.32. The Labute approximate surface area is 139 Å². The molecular formula is C19H29NOS. The number of phenols is 1. The number of phenolic OH excluding ortho intramolecular Hbond substituents is 1. The fourth-order valence-electron chi connectivity index (χ4n) is 2.96. The largest absolute Gasteiger partial charge is 0.507 e. The molecule has 1 aromatic rings. The van der Waals surface area contributed by atoms with E-state index in [9.17, 15) is 5.11 Å². The van der Waals surface area contributed by atoms with Gasteiger partial charge in [-0.15, -0.1) is 11.8 Å². The molecular weight excluding hydrogens is 290 g/mol. The van der Waals surface area contributed by atoms with Gasteiger partial charge in [0.25, 0.3) is 0 Å². The predicted molar refractivity (Wildman–Crippen MR) is 97.6 cm³/mol. The van der Waals surface area contributed by atoms with Crippen LogP contribution < -0.4 is 0 Å². The number of unbranched alkanes of at least 4 members (excludes halogenated alkanes) is 2. The van der Waals surface area contributed by atoms with Crippen LogP contribution in [0, 0.1) is 0 Å². The van der Waals surface area contributed by atoms with E-state index in [-0.39, 0.29) is 4.75 Å². The van der Waals surface area contributed by atoms with Crippen LogP contribution in [0.15, 0.2) is 22.0 Å². The van der Waals surface area contributed by atoms with Gasteiger partial charge >= 0.3 is 0 Å². The average Bonchev–Trinajstić information content (AvgIpc) is 2.43. The van der Waals surface area contributed by atoms with Gasteiger partial charge in [0.15, 0.2) is 0 Å². The minimum absolute atomic E-state index is 0.147. The standard InChI is InChI=1S/C19H29NOS/c1-5-7-8-9-14-11-16(21)18-15(20-10-6-2)13-19(3,4)22-17(18)12-14/h11-12,21H,5-10,13H2,1-4H3. The first kappa shape index (κ1) is 17.4. The van der Waals surface area contributed by atoms with Gasteiger partial charge < -0.3 is 5.11 Å². The summed E-state index contributed by atoms with van der Waals surface area (Å²) in [6.07, 6.45) is 6.69. The monoisotopic (exact) mass is 319 g/mol. The van der Waals surface area contributed by atoms with Crippen molar-refractivity contribution in [1.82, 2.24) is 0 Å². The summed E-state index contributed by atoms with van der Waals surface area (Å²) in [5, 5.41) is 10.5. The van der Waals surface area contributed by atoms with Crippen LogP contribution in [-0.2, 0) is 6.42 Å². The Kier molecular flexibility index (Phi) is 5.96. The zero-order valence-corrected chi connectivity index (χ0v) is 15.2. The second-order valence-electron chi connectivity index (χ2n) is 6.81. The van der Waals surface area contributed by atoms with Crippen molar-refractivity contribution >= 4 is 17.5 Å². The van der Waals surface area contributed by atoms with Gasteiger partial charge in [-0.1, -0.05) is 26.7 Å². The Balaban J connectivity index is 2.35. The SMILES string of the molecule is CCCCCc1cc(O)c2c(c1)SC(C)(C)CC2=NCCC. The predicted octanol–water partition coefficient (Wildman–Crippen LogP) is 5.60. The molecule has 1 aromatic carbocycles. The second-order valence-corrected chi connectivity index (χ2v) is 8.56. The number of hydrogen-bond acceptors (Lipinski definition) is 3. The zero-order valence-electron chi connectivity index (χ0n) is 14.4. The van der Waals surface area contributed by atoms with Crippen molar-refractivity contribution in [3.63, 3.8) is 0 Å². The molecule has 0 unspecified atom stereocenters. The Morgan fingerprint density at radius 2 is 1.95 bits per heavy atom. The van der Waals surface area contributed by atoms with Crippen LogP contribution in [0.25, 0.3) is 0 Å². The fourth-order valence-corrected chi connectivity index (χ4v) is 4.30. The quantitative estimate of drug-likeness (QED) is 0.692. The van der Waals surface area contributed by atoms with Gasteiger partial charge in [0.05, 0.1) is 5.56 Å². The number of fused-ring (bicyclic) bond motifs is 1. The van der Waals surface area contributed by atoms with Crippen molar-refractivity contribution in [1.29, 1.82) is 0 Å². The maximum Gasteiger partial charge on any atom is 0.126 e. The number of aliphatic imine (C=N–C) groups is 1. The molecule has 0 radical (unpaired) electrons. The topological polar surface area (TPSA) is 32.6 Å². The molecule has 22 heavy (non-hydrogen) atoms. The van der Waals surface area contributed by atoms with Crippen molar-refractivity contribution < 1.29 is 5.11 Å². The van der Waals surface area contributed by atoms with Crippen molar-refractivity contribution in [3.05, 3.63) is 23.3 Å². The molecule has 1 N–H and O–H groups in total. The van der Waals surface area contributed by atoms with Crippen molar-refractivity contribution in [3.8, 4) is 5.75 Å². The molecule has 0 spiro atoms. The maximum absolute atomic E-state index is 10.5. The molecule has 0 saturated heterocycles. The summed E-state index contributed by atoms with van der Waals surface area (Å²) in [5.74, 6) is 0.418. The van der Waals surface area contributed by atoms with Crippen LogP contribution in [0.3, 0.4) is 0 Å². The van der Waals surface area contributed by atoms with E-state index in [1.165, 1.54) is 29.7 Å². The molecule has 0 aliphatic carbocycles. The van der Waals surface area contributed by atoms with Crippen LogP contribution in [-0.4, -0.2) is 22.1 Å². The number of rotatable bonds is 6. The van der Waals surface area contributed by atoms with Crippen molar-refractivity contribution in [2.45, 2.75) is 75.9 Å². The van der Waals surface area contributed by atoms with Gasteiger partial charge in [-0.3, -0.25) is 4.99 Å². The van der Waals surface area contributed by atoms with Crippen molar-refractivity contribution in [2.75, 3.05) is 6.54 Å². The molecule has 122 valence electrons. The van der Waals surface area contributed by atoms with Crippen LogP contribution >= 0.6 is 11.8 Å². The number of aromatic hydroxyl groups is 1. The normalized spacial score (nSPS) is 18.5. The summed E-state index contributed by atoms with van der Waals surface area (Å²) in [6.45, 7) is 9.74. The van der Waals surface area contributed by atoms with E-state index in [1.54, 1.807) is 0 Å². The molecule has 1 aliphatic rings. The number of benzene rings is 1. The molecule has 3 heteroatoms. The van der Waals surface area contributed by atoms with Gasteiger partial charge in [-0.25, -0.2) is 0 Å². The van der Waals surface area contributed by atoms with Gasteiger partial charge in [-0.2, -0.15) is 0 Å². The minimum atomic E-state index is 0.147.